The van der Waals surface area contributed by atoms with Crippen LogP contribution in [0.2, 0.25) is 0 Å². The maximum absolute atomic E-state index is 12.0. The third-order valence-electron chi connectivity index (χ3n) is 2.86. The van der Waals surface area contributed by atoms with Crippen molar-refractivity contribution < 1.29 is 4.79 Å². The molecule has 0 aliphatic heterocycles. The van der Waals surface area contributed by atoms with Crippen LogP contribution in [0.3, 0.4) is 0 Å². The summed E-state index contributed by atoms with van der Waals surface area (Å²) in [6, 6.07) is 0. The maximum atomic E-state index is 12.0. The van der Waals surface area contributed by atoms with E-state index in [-0.39, 0.29) is 5.91 Å². The first-order valence-electron chi connectivity index (χ1n) is 7.26. The molecule has 1 amide bonds. The molecule has 0 bridgehead atoms. The fourth-order valence-corrected chi connectivity index (χ4v) is 3.40. The summed E-state index contributed by atoms with van der Waals surface area (Å²) in [5.74, 6) is 1.70. The van der Waals surface area contributed by atoms with Crippen LogP contribution in [-0.4, -0.2) is 31.4 Å². The molecule has 1 N–H and O–H groups in total. The fourth-order valence-electron chi connectivity index (χ4n) is 1.93. The van der Waals surface area contributed by atoms with Crippen LogP contribution in [0.1, 0.15) is 32.3 Å². The lowest BCUT2D eigenvalue weighted by Gasteiger charge is -2.11. The number of nitrogens with one attached hydrogen (secondary N) is 1. The molecule has 2 aromatic heterocycles. The van der Waals surface area contributed by atoms with Gasteiger partial charge in [0, 0.05) is 18.3 Å². The van der Waals surface area contributed by atoms with E-state index in [1.165, 1.54) is 23.1 Å². The predicted octanol–water partition coefficient (Wildman–Crippen LogP) is 2.99. The lowest BCUT2D eigenvalue weighted by Crippen LogP contribution is -2.15. The topological polar surface area (TPSA) is 72.7 Å². The number of nitrogens with zero attached hydrogens (tertiary/aromatic N) is 4. The zero-order valence-electron chi connectivity index (χ0n) is 13.3. The third-order valence-corrected chi connectivity index (χ3v) is 4.70. The van der Waals surface area contributed by atoms with Crippen molar-refractivity contribution in [1.82, 2.24) is 19.7 Å². The Hall–Kier alpha value is -1.41. The molecule has 120 valence electrons. The van der Waals surface area contributed by atoms with Crippen molar-refractivity contribution in [2.45, 2.75) is 45.8 Å². The Morgan fingerprint density at radius 3 is 2.82 bits per heavy atom. The summed E-state index contributed by atoms with van der Waals surface area (Å²) in [5, 5.41) is 14.6. The van der Waals surface area contributed by atoms with Crippen molar-refractivity contribution in [2.75, 3.05) is 11.1 Å². The monoisotopic (exact) mass is 339 g/mol. The summed E-state index contributed by atoms with van der Waals surface area (Å²) in [6.45, 7) is 9.15. The van der Waals surface area contributed by atoms with E-state index in [4.69, 9.17) is 0 Å². The molecule has 0 fully saturated rings. The minimum Gasteiger partial charge on any atom is -0.306 e. The van der Waals surface area contributed by atoms with Gasteiger partial charge in [0.15, 0.2) is 10.3 Å². The average Bonchev–Trinajstić information content (AvgIpc) is 3.02. The summed E-state index contributed by atoms with van der Waals surface area (Å²) in [7, 11) is 0. The number of anilines is 1. The predicted molar refractivity (Wildman–Crippen MR) is 90.4 cm³/mol. The lowest BCUT2D eigenvalue weighted by atomic mass is 10.2. The molecule has 0 atom stereocenters. The molecule has 0 aromatic carbocycles. The highest BCUT2D eigenvalue weighted by Crippen LogP contribution is 2.20. The third kappa shape index (κ3) is 4.54. The van der Waals surface area contributed by atoms with E-state index in [1.807, 2.05) is 12.3 Å². The van der Waals surface area contributed by atoms with Crippen LogP contribution in [-0.2, 0) is 17.8 Å². The Bertz CT molecular complexity index is 635. The van der Waals surface area contributed by atoms with Gasteiger partial charge in [0.05, 0.1) is 11.4 Å². The Morgan fingerprint density at radius 2 is 2.23 bits per heavy atom. The molecule has 0 unspecified atom stereocenters. The van der Waals surface area contributed by atoms with Crippen LogP contribution < -0.4 is 5.32 Å². The van der Waals surface area contributed by atoms with Crippen LogP contribution >= 0.6 is 23.1 Å². The highest BCUT2D eigenvalue weighted by molar-refractivity contribution is 7.99. The van der Waals surface area contributed by atoms with Crippen molar-refractivity contribution in [3.8, 4) is 0 Å². The Morgan fingerprint density at radius 1 is 1.45 bits per heavy atom. The van der Waals surface area contributed by atoms with Crippen LogP contribution in [0.25, 0.3) is 0 Å². The number of aromatic nitrogens is 4. The van der Waals surface area contributed by atoms with Gasteiger partial charge in [-0.25, -0.2) is 4.98 Å². The first-order valence-corrected chi connectivity index (χ1v) is 9.13. The second-order valence-electron chi connectivity index (χ2n) is 5.39. The standard InChI is InChI=1S/C14H21N5OS2/c1-5-11-17-18-14(19(11)6-9(2)3)22-8-12(20)16-13-15-10(4)7-21-13/h7,9H,5-6,8H2,1-4H3,(H,15,16,20). The number of hydrogen-bond donors (Lipinski definition) is 1. The number of thioether (sulfide) groups is 1. The minimum atomic E-state index is -0.0727. The van der Waals surface area contributed by atoms with Gasteiger partial charge in [-0.2, -0.15) is 0 Å². The number of aryl methyl sites for hydroxylation is 2. The molecule has 0 radical (unpaired) electrons. The van der Waals surface area contributed by atoms with Crippen LogP contribution in [0, 0.1) is 12.8 Å². The minimum absolute atomic E-state index is 0.0727. The van der Waals surface area contributed by atoms with E-state index in [2.05, 4.69) is 45.8 Å². The quantitative estimate of drug-likeness (QED) is 0.785. The number of thiazole rings is 1. The average molecular weight is 339 g/mol. The van der Waals surface area contributed by atoms with Crippen molar-refractivity contribution in [3.63, 3.8) is 0 Å². The van der Waals surface area contributed by atoms with Crippen molar-refractivity contribution >= 4 is 34.1 Å². The lowest BCUT2D eigenvalue weighted by molar-refractivity contribution is -0.113. The number of carbonyl (C=O) groups is 1. The first-order chi connectivity index (χ1) is 10.5. The molecule has 22 heavy (non-hydrogen) atoms. The Balaban J connectivity index is 1.96. The van der Waals surface area contributed by atoms with Gasteiger partial charge < -0.3 is 9.88 Å². The zero-order chi connectivity index (χ0) is 16.1. The van der Waals surface area contributed by atoms with Gasteiger partial charge in [-0.1, -0.05) is 32.5 Å². The largest absolute Gasteiger partial charge is 0.306 e. The number of carbonyl (C=O) groups excluding carboxylic acids is 1. The van der Waals surface area contributed by atoms with Gasteiger partial charge in [0.1, 0.15) is 5.82 Å². The second-order valence-corrected chi connectivity index (χ2v) is 7.19. The van der Waals surface area contributed by atoms with E-state index < -0.39 is 0 Å². The van der Waals surface area contributed by atoms with Gasteiger partial charge in [-0.05, 0) is 12.8 Å². The van der Waals surface area contributed by atoms with Gasteiger partial charge in [-0.15, -0.1) is 21.5 Å². The van der Waals surface area contributed by atoms with Gasteiger partial charge in [-0.3, -0.25) is 4.79 Å². The fraction of sp³-hybridized carbons (Fsp3) is 0.571. The van der Waals surface area contributed by atoms with Crippen LogP contribution in [0.5, 0.6) is 0 Å². The van der Waals surface area contributed by atoms with E-state index in [0.29, 0.717) is 16.8 Å². The molecule has 6 nitrogen and oxygen atoms in total. The van der Waals surface area contributed by atoms with E-state index in [0.717, 1.165) is 29.6 Å². The normalized spacial score (nSPS) is 11.1. The molecular formula is C14H21N5OS2. The molecular weight excluding hydrogens is 318 g/mol. The summed E-state index contributed by atoms with van der Waals surface area (Å²) in [6.07, 6.45) is 0.838. The van der Waals surface area contributed by atoms with Gasteiger partial charge in [0.2, 0.25) is 5.91 Å². The molecule has 0 saturated carbocycles. The summed E-state index contributed by atoms with van der Waals surface area (Å²) >= 11 is 2.85. The van der Waals surface area contributed by atoms with Crippen LogP contribution in [0.15, 0.2) is 10.5 Å². The molecule has 8 heteroatoms. The maximum Gasteiger partial charge on any atom is 0.236 e. The first kappa shape index (κ1) is 17.0. The van der Waals surface area contributed by atoms with Crippen LogP contribution in [0.4, 0.5) is 5.13 Å². The van der Waals surface area contributed by atoms with E-state index in [9.17, 15) is 4.79 Å². The van der Waals surface area contributed by atoms with E-state index in [1.54, 1.807) is 0 Å². The molecule has 2 rings (SSSR count). The highest BCUT2D eigenvalue weighted by Gasteiger charge is 2.14. The van der Waals surface area contributed by atoms with E-state index >= 15 is 0 Å². The Labute approximate surface area is 138 Å². The molecule has 0 saturated heterocycles. The zero-order valence-corrected chi connectivity index (χ0v) is 14.9. The highest BCUT2D eigenvalue weighted by atomic mass is 32.2. The smallest absolute Gasteiger partial charge is 0.236 e. The van der Waals surface area contributed by atoms with Crippen molar-refractivity contribution in [1.29, 1.82) is 0 Å². The second kappa shape index (κ2) is 7.73. The molecule has 0 spiro atoms. The summed E-state index contributed by atoms with van der Waals surface area (Å²) in [4.78, 5) is 16.2. The Kier molecular flexibility index (Phi) is 5.96. The molecule has 0 aliphatic carbocycles. The molecule has 2 aromatic rings. The summed E-state index contributed by atoms with van der Waals surface area (Å²) in [5.41, 5.74) is 0.914. The number of hydrogen-bond acceptors (Lipinski definition) is 6. The SMILES string of the molecule is CCc1nnc(SCC(=O)Nc2nc(C)cs2)n1CC(C)C. The van der Waals surface area contributed by atoms with Crippen molar-refractivity contribution in [2.24, 2.45) is 5.92 Å². The number of amides is 1. The molecule has 0 aliphatic rings. The summed E-state index contributed by atoms with van der Waals surface area (Å²) < 4.78 is 2.11. The van der Waals surface area contributed by atoms with Gasteiger partial charge >= 0.3 is 0 Å². The number of rotatable bonds is 7. The molecule has 2 heterocycles. The van der Waals surface area contributed by atoms with Gasteiger partial charge in [0.25, 0.3) is 0 Å². The van der Waals surface area contributed by atoms with Crippen molar-refractivity contribution in [3.05, 3.63) is 16.9 Å².